The van der Waals surface area contributed by atoms with Crippen molar-refractivity contribution in [3.8, 4) is 0 Å². The molecule has 0 aromatic heterocycles. The van der Waals surface area contributed by atoms with Crippen molar-refractivity contribution in [1.29, 1.82) is 0 Å². The zero-order valence-corrected chi connectivity index (χ0v) is 11.6. The van der Waals surface area contributed by atoms with Crippen molar-refractivity contribution in [1.82, 2.24) is 0 Å². The van der Waals surface area contributed by atoms with Gasteiger partial charge in [-0.2, -0.15) is 0 Å². The van der Waals surface area contributed by atoms with E-state index in [0.717, 1.165) is 5.56 Å². The summed E-state index contributed by atoms with van der Waals surface area (Å²) in [5.74, 6) is -0.249. The molecule has 106 valence electrons. The Bertz CT molecular complexity index is 427. The maximum Gasteiger partial charge on any atom is 0.146 e. The van der Waals surface area contributed by atoms with E-state index in [1.165, 1.54) is 6.07 Å². The molecule has 1 heterocycles. The topological polar surface area (TPSA) is 47.7 Å². The Morgan fingerprint density at radius 3 is 2.32 bits per heavy atom. The van der Waals surface area contributed by atoms with Crippen molar-refractivity contribution in [3.05, 3.63) is 29.6 Å². The van der Waals surface area contributed by atoms with E-state index < -0.39 is 0 Å². The summed E-state index contributed by atoms with van der Waals surface area (Å²) in [6.07, 6.45) is -0.101. The van der Waals surface area contributed by atoms with Crippen molar-refractivity contribution in [3.63, 3.8) is 0 Å². The Hall–Kier alpha value is -1.17. The molecule has 0 spiro atoms. The van der Waals surface area contributed by atoms with Gasteiger partial charge in [-0.25, -0.2) is 4.39 Å². The van der Waals surface area contributed by atoms with Crippen LogP contribution in [-0.2, 0) is 9.47 Å². The zero-order chi connectivity index (χ0) is 14.0. The molecule has 0 aliphatic carbocycles. The normalized spacial score (nSPS) is 24.8. The van der Waals surface area contributed by atoms with Crippen LogP contribution in [0.5, 0.6) is 0 Å². The first-order valence-corrected chi connectivity index (χ1v) is 6.43. The molecule has 1 aromatic carbocycles. The number of halogens is 1. The molecule has 1 aliphatic heterocycles. The monoisotopic (exact) mass is 268 g/mol. The third kappa shape index (κ3) is 2.73. The van der Waals surface area contributed by atoms with Crippen molar-refractivity contribution < 1.29 is 13.9 Å². The van der Waals surface area contributed by atoms with E-state index in [1.54, 1.807) is 20.3 Å². The van der Waals surface area contributed by atoms with Crippen molar-refractivity contribution >= 4 is 5.69 Å². The number of methoxy groups -OCH3 is 2. The standard InChI is InChI=1S/C14H21FN2O2/c1-9(16)10-5-4-6-11(15)14(10)17-7-12(18-2)13(8-17)19-3/h4-6,9,12-13H,7-8,16H2,1-3H3/t9-,12?,13?/m0/s1. The lowest BCUT2D eigenvalue weighted by molar-refractivity contribution is -0.00461. The van der Waals surface area contributed by atoms with E-state index in [0.29, 0.717) is 18.8 Å². The van der Waals surface area contributed by atoms with E-state index in [-0.39, 0.29) is 24.1 Å². The summed E-state index contributed by atoms with van der Waals surface area (Å²) in [6, 6.07) is 4.80. The number of rotatable bonds is 4. The van der Waals surface area contributed by atoms with Gasteiger partial charge in [0, 0.05) is 33.4 Å². The van der Waals surface area contributed by atoms with Gasteiger partial charge in [0.15, 0.2) is 0 Å². The second-order valence-corrected chi connectivity index (χ2v) is 4.92. The smallest absolute Gasteiger partial charge is 0.146 e. The lowest BCUT2D eigenvalue weighted by Gasteiger charge is -2.23. The van der Waals surface area contributed by atoms with Gasteiger partial charge in [0.1, 0.15) is 18.0 Å². The van der Waals surface area contributed by atoms with Gasteiger partial charge in [0.25, 0.3) is 0 Å². The van der Waals surface area contributed by atoms with Gasteiger partial charge in [-0.1, -0.05) is 12.1 Å². The largest absolute Gasteiger partial charge is 0.377 e. The molecule has 0 radical (unpaired) electrons. The summed E-state index contributed by atoms with van der Waals surface area (Å²) in [5.41, 5.74) is 7.31. The van der Waals surface area contributed by atoms with Crippen LogP contribution in [0.1, 0.15) is 18.5 Å². The summed E-state index contributed by atoms with van der Waals surface area (Å²) in [6.45, 7) is 3.07. The van der Waals surface area contributed by atoms with E-state index in [2.05, 4.69) is 0 Å². The van der Waals surface area contributed by atoms with E-state index in [9.17, 15) is 4.39 Å². The predicted octanol–water partition coefficient (Wildman–Crippen LogP) is 1.70. The first-order valence-electron chi connectivity index (χ1n) is 6.43. The number of anilines is 1. The molecule has 0 saturated carbocycles. The zero-order valence-electron chi connectivity index (χ0n) is 11.6. The first-order chi connectivity index (χ1) is 9.08. The second-order valence-electron chi connectivity index (χ2n) is 4.92. The second kappa shape index (κ2) is 5.86. The number of hydrogen-bond donors (Lipinski definition) is 1. The van der Waals surface area contributed by atoms with Gasteiger partial charge in [-0.05, 0) is 18.6 Å². The van der Waals surface area contributed by atoms with Crippen molar-refractivity contribution in [2.45, 2.75) is 25.2 Å². The third-order valence-electron chi connectivity index (χ3n) is 3.65. The fourth-order valence-electron chi connectivity index (χ4n) is 2.61. The van der Waals surface area contributed by atoms with Crippen LogP contribution in [0.2, 0.25) is 0 Å². The van der Waals surface area contributed by atoms with Crippen LogP contribution in [0.25, 0.3) is 0 Å². The minimum atomic E-state index is -0.249. The van der Waals surface area contributed by atoms with E-state index >= 15 is 0 Å². The average Bonchev–Trinajstić information content (AvgIpc) is 2.81. The first kappa shape index (κ1) is 14.2. The Kier molecular flexibility index (Phi) is 4.39. The quantitative estimate of drug-likeness (QED) is 0.903. The number of benzene rings is 1. The number of nitrogens with zero attached hydrogens (tertiary/aromatic N) is 1. The predicted molar refractivity (Wildman–Crippen MR) is 72.8 cm³/mol. The van der Waals surface area contributed by atoms with Gasteiger partial charge in [0.2, 0.25) is 0 Å². The van der Waals surface area contributed by atoms with Crippen molar-refractivity contribution in [2.75, 3.05) is 32.2 Å². The minimum absolute atomic E-state index is 0.0504. The van der Waals surface area contributed by atoms with Gasteiger partial charge >= 0.3 is 0 Å². The Morgan fingerprint density at radius 1 is 1.26 bits per heavy atom. The Morgan fingerprint density at radius 2 is 1.84 bits per heavy atom. The molecule has 0 bridgehead atoms. The van der Waals surface area contributed by atoms with Gasteiger partial charge < -0.3 is 20.1 Å². The van der Waals surface area contributed by atoms with Crippen molar-refractivity contribution in [2.24, 2.45) is 5.73 Å². The van der Waals surface area contributed by atoms with Gasteiger partial charge in [0.05, 0.1) is 5.69 Å². The maximum absolute atomic E-state index is 14.1. The highest BCUT2D eigenvalue weighted by molar-refractivity contribution is 5.57. The minimum Gasteiger partial charge on any atom is -0.377 e. The number of ether oxygens (including phenoxy) is 2. The molecular formula is C14H21FN2O2. The van der Waals surface area contributed by atoms with Crippen LogP contribution < -0.4 is 10.6 Å². The van der Waals surface area contributed by atoms with Gasteiger partial charge in [-0.3, -0.25) is 0 Å². The van der Waals surface area contributed by atoms with Crippen LogP contribution in [0.4, 0.5) is 10.1 Å². The van der Waals surface area contributed by atoms with Crippen LogP contribution in [0, 0.1) is 5.82 Å². The highest BCUT2D eigenvalue weighted by Crippen LogP contribution is 2.32. The van der Waals surface area contributed by atoms with Crippen LogP contribution >= 0.6 is 0 Å². The van der Waals surface area contributed by atoms with Crippen LogP contribution in [0.15, 0.2) is 18.2 Å². The molecule has 1 aliphatic rings. The molecule has 1 saturated heterocycles. The molecule has 4 nitrogen and oxygen atoms in total. The Balaban J connectivity index is 2.33. The molecule has 2 unspecified atom stereocenters. The molecule has 2 N–H and O–H groups in total. The third-order valence-corrected chi connectivity index (χ3v) is 3.65. The Labute approximate surface area is 113 Å². The molecule has 0 amide bonds. The number of hydrogen-bond acceptors (Lipinski definition) is 4. The molecule has 1 fully saturated rings. The fourth-order valence-corrected chi connectivity index (χ4v) is 2.61. The van der Waals surface area contributed by atoms with Crippen LogP contribution in [0.3, 0.4) is 0 Å². The lowest BCUT2D eigenvalue weighted by Crippen LogP contribution is -2.27. The summed E-state index contributed by atoms with van der Waals surface area (Å²) in [7, 11) is 3.29. The lowest BCUT2D eigenvalue weighted by atomic mass is 10.1. The number of nitrogens with two attached hydrogens (primary N) is 1. The highest BCUT2D eigenvalue weighted by Gasteiger charge is 2.35. The molecular weight excluding hydrogens is 247 g/mol. The summed E-state index contributed by atoms with van der Waals surface area (Å²) in [4.78, 5) is 1.95. The molecule has 2 rings (SSSR count). The fraction of sp³-hybridized carbons (Fsp3) is 0.571. The SMILES string of the molecule is COC1CN(c2c(F)cccc2[C@H](C)N)CC1OC. The summed E-state index contributed by atoms with van der Waals surface area (Å²) >= 11 is 0. The highest BCUT2D eigenvalue weighted by atomic mass is 19.1. The van der Waals surface area contributed by atoms with Gasteiger partial charge in [-0.15, -0.1) is 0 Å². The summed E-state index contributed by atoms with van der Waals surface area (Å²) < 4.78 is 24.9. The molecule has 1 aromatic rings. The molecule has 3 atom stereocenters. The maximum atomic E-state index is 14.1. The van der Waals surface area contributed by atoms with E-state index in [4.69, 9.17) is 15.2 Å². The van der Waals surface area contributed by atoms with E-state index in [1.807, 2.05) is 17.9 Å². The molecule has 19 heavy (non-hydrogen) atoms. The molecule has 5 heteroatoms. The van der Waals surface area contributed by atoms with Crippen LogP contribution in [-0.4, -0.2) is 39.5 Å². The average molecular weight is 268 g/mol. The summed E-state index contributed by atoms with van der Waals surface area (Å²) in [5, 5.41) is 0. The number of para-hydroxylation sites is 1.